The number of carbonyl (C=O) groups excluding carboxylic acids is 1. The predicted octanol–water partition coefficient (Wildman–Crippen LogP) is 2.91. The zero-order chi connectivity index (χ0) is 12.8. The molecule has 0 aliphatic heterocycles. The molecule has 0 aliphatic rings. The minimum Gasteiger partial charge on any atom is -0.383 e. The molecule has 1 aromatic carbocycles. The number of anilines is 1. The van der Waals surface area contributed by atoms with E-state index in [0.717, 1.165) is 15.7 Å². The van der Waals surface area contributed by atoms with Crippen molar-refractivity contribution in [2.45, 2.75) is 19.9 Å². The van der Waals surface area contributed by atoms with Crippen molar-refractivity contribution in [3.63, 3.8) is 0 Å². The number of nitrogens with one attached hydrogen (secondary N) is 2. The van der Waals surface area contributed by atoms with Gasteiger partial charge in [-0.2, -0.15) is 0 Å². The molecule has 0 saturated heterocycles. The summed E-state index contributed by atoms with van der Waals surface area (Å²) in [6, 6.07) is 5.46. The number of rotatable bonds is 4. The van der Waals surface area contributed by atoms with E-state index in [1.54, 1.807) is 7.11 Å². The number of carbonyl (C=O) groups is 1. The van der Waals surface area contributed by atoms with Gasteiger partial charge in [0.25, 0.3) is 0 Å². The van der Waals surface area contributed by atoms with E-state index < -0.39 is 0 Å². The van der Waals surface area contributed by atoms with E-state index in [4.69, 9.17) is 4.74 Å². The Labute approximate surface area is 110 Å². The summed E-state index contributed by atoms with van der Waals surface area (Å²) in [5.74, 6) is 0. The quantitative estimate of drug-likeness (QED) is 0.898. The maximum Gasteiger partial charge on any atom is 0.319 e. The van der Waals surface area contributed by atoms with E-state index in [-0.39, 0.29) is 12.1 Å². The highest BCUT2D eigenvalue weighted by molar-refractivity contribution is 9.10. The number of urea groups is 1. The normalized spacial score (nSPS) is 12.0. The van der Waals surface area contributed by atoms with E-state index in [1.807, 2.05) is 32.0 Å². The van der Waals surface area contributed by atoms with Gasteiger partial charge in [0.1, 0.15) is 0 Å². The maximum atomic E-state index is 11.6. The van der Waals surface area contributed by atoms with E-state index in [0.29, 0.717) is 6.61 Å². The Bertz CT molecular complexity index is 396. The topological polar surface area (TPSA) is 50.4 Å². The summed E-state index contributed by atoms with van der Waals surface area (Å²) in [7, 11) is 1.61. The van der Waals surface area contributed by atoms with Crippen LogP contribution in [-0.4, -0.2) is 25.8 Å². The third kappa shape index (κ3) is 4.75. The number of aryl methyl sites for hydroxylation is 1. The highest BCUT2D eigenvalue weighted by atomic mass is 79.9. The number of hydrogen-bond donors (Lipinski definition) is 2. The zero-order valence-electron chi connectivity index (χ0n) is 10.2. The van der Waals surface area contributed by atoms with Crippen molar-refractivity contribution in [1.82, 2.24) is 5.32 Å². The molecule has 0 bridgehead atoms. The van der Waals surface area contributed by atoms with Gasteiger partial charge in [0.05, 0.1) is 12.6 Å². The van der Waals surface area contributed by atoms with Crippen molar-refractivity contribution in [2.75, 3.05) is 19.0 Å². The molecule has 0 unspecified atom stereocenters. The molecule has 5 heteroatoms. The lowest BCUT2D eigenvalue weighted by molar-refractivity contribution is 0.173. The predicted molar refractivity (Wildman–Crippen MR) is 72.4 cm³/mol. The summed E-state index contributed by atoms with van der Waals surface area (Å²) in [4.78, 5) is 11.6. The minimum atomic E-state index is -0.222. The van der Waals surface area contributed by atoms with Crippen LogP contribution in [0.25, 0.3) is 0 Å². The number of ether oxygens (including phenoxy) is 1. The summed E-state index contributed by atoms with van der Waals surface area (Å²) in [6.45, 7) is 4.32. The Kier molecular flexibility index (Phi) is 5.44. The first-order valence-electron chi connectivity index (χ1n) is 5.35. The van der Waals surface area contributed by atoms with Crippen molar-refractivity contribution in [1.29, 1.82) is 0 Å². The first-order valence-corrected chi connectivity index (χ1v) is 6.15. The molecule has 0 aromatic heterocycles. The Balaban J connectivity index is 2.56. The Morgan fingerprint density at radius 1 is 1.53 bits per heavy atom. The van der Waals surface area contributed by atoms with Gasteiger partial charge >= 0.3 is 6.03 Å². The molecule has 0 aliphatic carbocycles. The molecule has 0 heterocycles. The van der Waals surface area contributed by atoms with Gasteiger partial charge in [-0.05, 0) is 37.6 Å². The molecule has 4 nitrogen and oxygen atoms in total. The van der Waals surface area contributed by atoms with Crippen LogP contribution in [0, 0.1) is 6.92 Å². The molecule has 94 valence electrons. The van der Waals surface area contributed by atoms with Gasteiger partial charge < -0.3 is 15.4 Å². The molecule has 2 N–H and O–H groups in total. The number of hydrogen-bond acceptors (Lipinski definition) is 2. The second-order valence-corrected chi connectivity index (χ2v) is 4.83. The summed E-state index contributed by atoms with van der Waals surface area (Å²) < 4.78 is 5.94. The number of amides is 2. The van der Waals surface area contributed by atoms with E-state index in [1.165, 1.54) is 0 Å². The third-order valence-electron chi connectivity index (χ3n) is 2.23. The van der Waals surface area contributed by atoms with Crippen molar-refractivity contribution in [3.8, 4) is 0 Å². The molecular formula is C12H17BrN2O2. The summed E-state index contributed by atoms with van der Waals surface area (Å²) in [5, 5.41) is 5.58. The second kappa shape index (κ2) is 6.61. The van der Waals surface area contributed by atoms with Gasteiger partial charge in [-0.1, -0.05) is 15.9 Å². The highest BCUT2D eigenvalue weighted by Crippen LogP contribution is 2.19. The molecule has 2 amide bonds. The number of benzene rings is 1. The Morgan fingerprint density at radius 3 is 2.82 bits per heavy atom. The highest BCUT2D eigenvalue weighted by Gasteiger charge is 2.08. The fourth-order valence-electron chi connectivity index (χ4n) is 1.44. The average molecular weight is 301 g/mol. The van der Waals surface area contributed by atoms with Crippen molar-refractivity contribution in [2.24, 2.45) is 0 Å². The molecule has 1 rings (SSSR count). The molecule has 1 aromatic rings. The van der Waals surface area contributed by atoms with Crippen LogP contribution in [0.1, 0.15) is 12.5 Å². The molecular weight excluding hydrogens is 284 g/mol. The molecule has 1 atom stereocenters. The van der Waals surface area contributed by atoms with E-state index in [9.17, 15) is 4.79 Å². The summed E-state index contributed by atoms with van der Waals surface area (Å²) >= 11 is 3.38. The summed E-state index contributed by atoms with van der Waals surface area (Å²) in [6.07, 6.45) is 0. The first kappa shape index (κ1) is 14.0. The standard InChI is InChI=1S/C12H17BrN2O2/c1-8-6-10(13)4-5-11(8)15-12(16)14-9(2)7-17-3/h4-6,9H,7H2,1-3H3,(H2,14,15,16)/t9-/m1/s1. The number of halogens is 1. The molecule has 0 saturated carbocycles. The lowest BCUT2D eigenvalue weighted by Crippen LogP contribution is -2.38. The third-order valence-corrected chi connectivity index (χ3v) is 2.72. The fourth-order valence-corrected chi connectivity index (χ4v) is 1.92. The van der Waals surface area contributed by atoms with Crippen LogP contribution in [0.4, 0.5) is 10.5 Å². The van der Waals surface area contributed by atoms with Crippen molar-refractivity contribution in [3.05, 3.63) is 28.2 Å². The SMILES string of the molecule is COC[C@@H](C)NC(=O)Nc1ccc(Br)cc1C. The van der Waals surface area contributed by atoms with Crippen LogP contribution >= 0.6 is 15.9 Å². The first-order chi connectivity index (χ1) is 8.02. The Morgan fingerprint density at radius 2 is 2.24 bits per heavy atom. The van der Waals surface area contributed by atoms with Gasteiger partial charge in [0.2, 0.25) is 0 Å². The summed E-state index contributed by atoms with van der Waals surface area (Å²) in [5.41, 5.74) is 1.81. The van der Waals surface area contributed by atoms with Gasteiger partial charge in [0, 0.05) is 17.3 Å². The maximum absolute atomic E-state index is 11.6. The lowest BCUT2D eigenvalue weighted by atomic mass is 10.2. The smallest absolute Gasteiger partial charge is 0.319 e. The van der Waals surface area contributed by atoms with E-state index >= 15 is 0 Å². The second-order valence-electron chi connectivity index (χ2n) is 3.91. The van der Waals surface area contributed by atoms with E-state index in [2.05, 4.69) is 26.6 Å². The van der Waals surface area contributed by atoms with Crippen LogP contribution < -0.4 is 10.6 Å². The average Bonchev–Trinajstić information content (AvgIpc) is 2.22. The van der Waals surface area contributed by atoms with Crippen LogP contribution in [-0.2, 0) is 4.74 Å². The van der Waals surface area contributed by atoms with Crippen LogP contribution in [0.5, 0.6) is 0 Å². The van der Waals surface area contributed by atoms with Gasteiger partial charge in [-0.15, -0.1) is 0 Å². The molecule has 0 radical (unpaired) electrons. The van der Waals surface area contributed by atoms with Gasteiger partial charge in [0.15, 0.2) is 0 Å². The van der Waals surface area contributed by atoms with Crippen molar-refractivity contribution < 1.29 is 9.53 Å². The van der Waals surface area contributed by atoms with Crippen LogP contribution in [0.3, 0.4) is 0 Å². The monoisotopic (exact) mass is 300 g/mol. The van der Waals surface area contributed by atoms with Crippen LogP contribution in [0.2, 0.25) is 0 Å². The lowest BCUT2D eigenvalue weighted by Gasteiger charge is -2.14. The zero-order valence-corrected chi connectivity index (χ0v) is 11.8. The minimum absolute atomic E-state index is 0.0178. The van der Waals surface area contributed by atoms with Crippen molar-refractivity contribution >= 4 is 27.6 Å². The largest absolute Gasteiger partial charge is 0.383 e. The molecule has 0 fully saturated rings. The van der Waals surface area contributed by atoms with Gasteiger partial charge in [-0.3, -0.25) is 0 Å². The molecule has 17 heavy (non-hydrogen) atoms. The molecule has 0 spiro atoms. The fraction of sp³-hybridized carbons (Fsp3) is 0.417. The Hall–Kier alpha value is -1.07. The number of methoxy groups -OCH3 is 1. The van der Waals surface area contributed by atoms with Gasteiger partial charge in [-0.25, -0.2) is 4.79 Å². The van der Waals surface area contributed by atoms with Crippen LogP contribution in [0.15, 0.2) is 22.7 Å².